The van der Waals surface area contributed by atoms with Gasteiger partial charge < -0.3 is 0 Å². The van der Waals surface area contributed by atoms with Crippen molar-refractivity contribution in [1.82, 2.24) is 0 Å². The average molecular weight is 260 g/mol. The molecule has 0 heterocycles. The highest BCUT2D eigenvalue weighted by atomic mass is 14.3. The normalized spacial score (nSPS) is 16.2. The number of rotatable bonds is 9. The van der Waals surface area contributed by atoms with Crippen LogP contribution in [0.3, 0.4) is 0 Å². The van der Waals surface area contributed by atoms with Gasteiger partial charge in [-0.05, 0) is 56.1 Å². The SMILES string of the molecule is C=C(C(/C=C\C)=C/C)C(C)(CCC)CC/C=C\CC. The Bertz CT molecular complexity index is 341. The van der Waals surface area contributed by atoms with Crippen LogP contribution in [-0.4, -0.2) is 0 Å². The van der Waals surface area contributed by atoms with Crippen LogP contribution in [0.2, 0.25) is 0 Å². The predicted molar refractivity (Wildman–Crippen MR) is 89.4 cm³/mol. The van der Waals surface area contributed by atoms with Crippen molar-refractivity contribution in [2.24, 2.45) is 5.41 Å². The Hall–Kier alpha value is -1.04. The van der Waals surface area contributed by atoms with Gasteiger partial charge in [-0.15, -0.1) is 0 Å². The Kier molecular flexibility index (Phi) is 9.30. The minimum absolute atomic E-state index is 0.216. The van der Waals surface area contributed by atoms with Gasteiger partial charge in [-0.3, -0.25) is 0 Å². The largest absolute Gasteiger partial charge is 0.0947 e. The summed E-state index contributed by atoms with van der Waals surface area (Å²) in [6.45, 7) is 15.4. The smallest absolute Gasteiger partial charge is 0.00725 e. The molecular formula is C19H32. The zero-order valence-electron chi connectivity index (χ0n) is 13.6. The molecule has 108 valence electrons. The first-order chi connectivity index (χ1) is 9.05. The summed E-state index contributed by atoms with van der Waals surface area (Å²) in [7, 11) is 0. The van der Waals surface area contributed by atoms with Gasteiger partial charge >= 0.3 is 0 Å². The van der Waals surface area contributed by atoms with Crippen molar-refractivity contribution in [1.29, 1.82) is 0 Å². The lowest BCUT2D eigenvalue weighted by atomic mass is 9.72. The first-order valence-electron chi connectivity index (χ1n) is 7.69. The van der Waals surface area contributed by atoms with Crippen LogP contribution in [0, 0.1) is 5.41 Å². The van der Waals surface area contributed by atoms with Gasteiger partial charge in [-0.2, -0.15) is 0 Å². The van der Waals surface area contributed by atoms with Gasteiger partial charge in [0.2, 0.25) is 0 Å². The molecule has 1 atom stereocenters. The van der Waals surface area contributed by atoms with Crippen molar-refractivity contribution in [2.45, 2.75) is 66.7 Å². The molecule has 0 aromatic heterocycles. The number of hydrogen-bond acceptors (Lipinski definition) is 0. The van der Waals surface area contributed by atoms with Gasteiger partial charge in [0.25, 0.3) is 0 Å². The summed E-state index contributed by atoms with van der Waals surface area (Å²) in [4.78, 5) is 0. The van der Waals surface area contributed by atoms with Crippen molar-refractivity contribution in [3.05, 3.63) is 48.1 Å². The van der Waals surface area contributed by atoms with Gasteiger partial charge in [0.1, 0.15) is 0 Å². The fraction of sp³-hybridized carbons (Fsp3) is 0.579. The highest BCUT2D eigenvalue weighted by Gasteiger charge is 2.27. The molecule has 0 saturated heterocycles. The topological polar surface area (TPSA) is 0 Å². The van der Waals surface area contributed by atoms with Crippen LogP contribution in [0.1, 0.15) is 66.7 Å². The van der Waals surface area contributed by atoms with E-state index in [1.54, 1.807) is 0 Å². The maximum absolute atomic E-state index is 4.39. The highest BCUT2D eigenvalue weighted by molar-refractivity contribution is 5.41. The van der Waals surface area contributed by atoms with Crippen molar-refractivity contribution in [3.8, 4) is 0 Å². The van der Waals surface area contributed by atoms with Gasteiger partial charge in [0.15, 0.2) is 0 Å². The van der Waals surface area contributed by atoms with Crippen molar-refractivity contribution >= 4 is 0 Å². The fourth-order valence-electron chi connectivity index (χ4n) is 2.56. The van der Waals surface area contributed by atoms with Crippen LogP contribution >= 0.6 is 0 Å². The third-order valence-corrected chi connectivity index (χ3v) is 3.80. The van der Waals surface area contributed by atoms with E-state index in [0.717, 1.165) is 12.8 Å². The molecule has 0 aromatic rings. The Morgan fingerprint density at radius 3 is 2.26 bits per heavy atom. The Morgan fingerprint density at radius 2 is 1.79 bits per heavy atom. The Morgan fingerprint density at radius 1 is 1.11 bits per heavy atom. The second-order valence-corrected chi connectivity index (χ2v) is 5.45. The molecule has 0 saturated carbocycles. The molecule has 1 unspecified atom stereocenters. The first kappa shape index (κ1) is 18.0. The molecule has 0 heteroatoms. The second kappa shape index (κ2) is 9.83. The average Bonchev–Trinajstić information content (AvgIpc) is 2.40. The Balaban J connectivity index is 4.94. The van der Waals surface area contributed by atoms with E-state index in [1.165, 1.54) is 30.4 Å². The summed E-state index contributed by atoms with van der Waals surface area (Å²) in [5, 5.41) is 0. The summed E-state index contributed by atoms with van der Waals surface area (Å²) in [6, 6.07) is 0. The second-order valence-electron chi connectivity index (χ2n) is 5.45. The molecular weight excluding hydrogens is 228 g/mol. The molecule has 19 heavy (non-hydrogen) atoms. The molecule has 0 fully saturated rings. The van der Waals surface area contributed by atoms with E-state index in [4.69, 9.17) is 0 Å². The van der Waals surface area contributed by atoms with Crippen molar-refractivity contribution in [2.75, 3.05) is 0 Å². The number of hydrogen-bond donors (Lipinski definition) is 0. The van der Waals surface area contributed by atoms with Gasteiger partial charge in [0.05, 0.1) is 0 Å². The molecule has 0 aromatic carbocycles. The molecule has 0 radical (unpaired) electrons. The minimum atomic E-state index is 0.216. The molecule has 0 rings (SSSR count). The van der Waals surface area contributed by atoms with Crippen LogP contribution in [0.25, 0.3) is 0 Å². The zero-order valence-corrected chi connectivity index (χ0v) is 13.6. The van der Waals surface area contributed by atoms with E-state index in [2.05, 4.69) is 71.6 Å². The third kappa shape index (κ3) is 6.09. The van der Waals surface area contributed by atoms with E-state index < -0.39 is 0 Å². The summed E-state index contributed by atoms with van der Waals surface area (Å²) in [6.07, 6.45) is 16.9. The molecule has 0 aliphatic carbocycles. The van der Waals surface area contributed by atoms with E-state index in [-0.39, 0.29) is 5.41 Å². The summed E-state index contributed by atoms with van der Waals surface area (Å²) in [5.74, 6) is 0. The first-order valence-corrected chi connectivity index (χ1v) is 7.69. The molecule has 0 amide bonds. The van der Waals surface area contributed by atoms with Crippen LogP contribution < -0.4 is 0 Å². The lowest BCUT2D eigenvalue weighted by Crippen LogP contribution is -2.19. The molecule has 0 spiro atoms. The van der Waals surface area contributed by atoms with Crippen molar-refractivity contribution < 1.29 is 0 Å². The van der Waals surface area contributed by atoms with Crippen LogP contribution in [0.5, 0.6) is 0 Å². The Labute approximate surface area is 121 Å². The van der Waals surface area contributed by atoms with E-state index in [0.29, 0.717) is 0 Å². The van der Waals surface area contributed by atoms with E-state index in [1.807, 2.05) is 0 Å². The van der Waals surface area contributed by atoms with Crippen molar-refractivity contribution in [3.63, 3.8) is 0 Å². The summed E-state index contributed by atoms with van der Waals surface area (Å²) >= 11 is 0. The zero-order chi connectivity index (χ0) is 14.7. The third-order valence-electron chi connectivity index (χ3n) is 3.80. The molecule has 0 bridgehead atoms. The maximum Gasteiger partial charge on any atom is -0.00725 e. The fourth-order valence-corrected chi connectivity index (χ4v) is 2.56. The standard InChI is InChI=1S/C19H32/c1-7-11-12-13-16-19(6,15-9-3)17(5)18(10-4)14-8-2/h8,10-12,14H,5,7,9,13,15-16H2,1-4,6H3/b12-11-,14-8-,18-10+. The molecule has 0 N–H and O–H groups in total. The minimum Gasteiger partial charge on any atom is -0.0947 e. The summed E-state index contributed by atoms with van der Waals surface area (Å²) in [5.41, 5.74) is 2.80. The van der Waals surface area contributed by atoms with Crippen LogP contribution in [0.15, 0.2) is 48.1 Å². The lowest BCUT2D eigenvalue weighted by Gasteiger charge is -2.32. The molecule has 0 aliphatic heterocycles. The van der Waals surface area contributed by atoms with Gasteiger partial charge in [0, 0.05) is 0 Å². The molecule has 0 nitrogen and oxygen atoms in total. The maximum atomic E-state index is 4.39. The van der Waals surface area contributed by atoms with Gasteiger partial charge in [-0.25, -0.2) is 0 Å². The van der Waals surface area contributed by atoms with Gasteiger partial charge in [-0.1, -0.05) is 64.2 Å². The quantitative estimate of drug-likeness (QED) is 0.323. The monoisotopic (exact) mass is 260 g/mol. The number of allylic oxidation sites excluding steroid dienone is 7. The summed E-state index contributed by atoms with van der Waals surface area (Å²) < 4.78 is 0. The van der Waals surface area contributed by atoms with E-state index >= 15 is 0 Å². The highest BCUT2D eigenvalue weighted by Crippen LogP contribution is 2.40. The predicted octanol–water partition coefficient (Wildman–Crippen LogP) is 6.62. The van der Waals surface area contributed by atoms with Crippen LogP contribution in [0.4, 0.5) is 0 Å². The molecule has 0 aliphatic rings. The van der Waals surface area contributed by atoms with E-state index in [9.17, 15) is 0 Å². The lowest BCUT2D eigenvalue weighted by molar-refractivity contribution is 0.340. The van der Waals surface area contributed by atoms with Crippen LogP contribution in [-0.2, 0) is 0 Å².